The highest BCUT2D eigenvalue weighted by Gasteiger charge is 2.59. The van der Waals surface area contributed by atoms with Gasteiger partial charge in [0, 0.05) is 5.92 Å². The summed E-state index contributed by atoms with van der Waals surface area (Å²) in [5.41, 5.74) is 5.28. The van der Waals surface area contributed by atoms with Crippen LogP contribution in [0.15, 0.2) is 47.1 Å². The zero-order valence-electron chi connectivity index (χ0n) is 19.9. The van der Waals surface area contributed by atoms with E-state index in [-0.39, 0.29) is 16.9 Å². The van der Waals surface area contributed by atoms with E-state index >= 15 is 0 Å². The van der Waals surface area contributed by atoms with E-state index in [2.05, 4.69) is 68.4 Å². The highest BCUT2D eigenvalue weighted by atomic mass is 16.4. The summed E-state index contributed by atoms with van der Waals surface area (Å²) in [6, 6.07) is 8.50. The van der Waals surface area contributed by atoms with Crippen LogP contribution in [0.5, 0.6) is 0 Å². The van der Waals surface area contributed by atoms with Gasteiger partial charge in [0.15, 0.2) is 0 Å². The van der Waals surface area contributed by atoms with Crippen molar-refractivity contribution >= 4 is 11.8 Å². The fraction of sp³-hybridized carbons (Fsp3) is 0.621. The van der Waals surface area contributed by atoms with E-state index in [0.717, 1.165) is 48.8 Å². The van der Waals surface area contributed by atoms with Gasteiger partial charge in [-0.3, -0.25) is 0 Å². The Hall–Kier alpha value is -1.87. The van der Waals surface area contributed by atoms with Crippen LogP contribution in [-0.4, -0.2) is 22.1 Å². The van der Waals surface area contributed by atoms with Gasteiger partial charge in [0.2, 0.25) is 0 Å². The molecule has 0 aliphatic heterocycles. The van der Waals surface area contributed by atoms with Crippen molar-refractivity contribution in [2.45, 2.75) is 78.2 Å². The van der Waals surface area contributed by atoms with Crippen molar-refractivity contribution in [3.63, 3.8) is 0 Å². The largest absolute Gasteiger partial charge is 0.411 e. The van der Waals surface area contributed by atoms with E-state index in [9.17, 15) is 10.3 Å². The van der Waals surface area contributed by atoms with Gasteiger partial charge in [0.25, 0.3) is 0 Å². The van der Waals surface area contributed by atoms with Crippen molar-refractivity contribution in [1.29, 1.82) is 0 Å². The number of fused-ring (bicyclic) bond motifs is 5. The van der Waals surface area contributed by atoms with Crippen LogP contribution in [0.25, 0.3) is 6.08 Å². The number of aliphatic hydroxyl groups excluding tert-OH is 1. The van der Waals surface area contributed by atoms with Crippen molar-refractivity contribution in [3.05, 3.63) is 53.1 Å². The van der Waals surface area contributed by atoms with Gasteiger partial charge < -0.3 is 10.3 Å². The summed E-state index contributed by atoms with van der Waals surface area (Å²) in [7, 11) is 0. The first-order chi connectivity index (χ1) is 15.3. The van der Waals surface area contributed by atoms with Crippen LogP contribution in [0.4, 0.5) is 0 Å². The first kappa shape index (κ1) is 21.9. The monoisotopic (exact) mass is 433 g/mol. The minimum atomic E-state index is -0.140. The number of aryl methyl sites for hydroxylation is 1. The molecule has 2 N–H and O–H groups in total. The predicted octanol–water partition coefficient (Wildman–Crippen LogP) is 6.78. The third-order valence-corrected chi connectivity index (χ3v) is 10.1. The number of allylic oxidation sites excluding steroid dienone is 2. The van der Waals surface area contributed by atoms with Crippen molar-refractivity contribution < 1.29 is 10.3 Å². The summed E-state index contributed by atoms with van der Waals surface area (Å²) in [6.07, 6.45) is 15.5. The van der Waals surface area contributed by atoms with Crippen LogP contribution in [0.2, 0.25) is 0 Å². The molecule has 0 radical (unpaired) electrons. The minimum Gasteiger partial charge on any atom is -0.411 e. The average Bonchev–Trinajstić information content (AvgIpc) is 3.13. The Bertz CT molecular complexity index is 944. The molecule has 0 amide bonds. The van der Waals surface area contributed by atoms with Crippen molar-refractivity contribution in [1.82, 2.24) is 0 Å². The number of nitrogens with zero attached hydrogens (tertiary/aromatic N) is 1. The average molecular weight is 434 g/mol. The third kappa shape index (κ3) is 3.48. The summed E-state index contributed by atoms with van der Waals surface area (Å²) >= 11 is 0. The van der Waals surface area contributed by atoms with Crippen LogP contribution in [0, 0.1) is 41.4 Å². The zero-order chi connectivity index (χ0) is 22.5. The Kier molecular flexibility index (Phi) is 5.60. The maximum absolute atomic E-state index is 10.2. The fourth-order valence-electron chi connectivity index (χ4n) is 8.21. The Morgan fingerprint density at radius 2 is 1.81 bits per heavy atom. The molecule has 4 aliphatic carbocycles. The lowest BCUT2D eigenvalue weighted by molar-refractivity contribution is -0.0424. The number of aliphatic hydroxyl groups is 1. The van der Waals surface area contributed by atoms with E-state index in [1.165, 1.54) is 36.8 Å². The van der Waals surface area contributed by atoms with E-state index in [1.807, 2.05) is 0 Å². The molecule has 172 valence electrons. The zero-order valence-corrected chi connectivity index (χ0v) is 19.9. The second-order valence-corrected chi connectivity index (χ2v) is 11.6. The van der Waals surface area contributed by atoms with Gasteiger partial charge in [0.05, 0.1) is 11.8 Å². The number of hydrogen-bond acceptors (Lipinski definition) is 3. The number of benzene rings is 1. The lowest BCUT2D eigenvalue weighted by Gasteiger charge is -2.58. The molecule has 1 aromatic rings. The molecule has 0 bridgehead atoms. The lowest BCUT2D eigenvalue weighted by Crippen LogP contribution is -2.51. The molecule has 0 unspecified atom stereocenters. The summed E-state index contributed by atoms with van der Waals surface area (Å²) in [5.74, 6) is 2.48. The van der Waals surface area contributed by atoms with Crippen LogP contribution in [0.1, 0.15) is 76.3 Å². The van der Waals surface area contributed by atoms with Gasteiger partial charge >= 0.3 is 0 Å². The highest BCUT2D eigenvalue weighted by Crippen LogP contribution is 2.66. The first-order valence-corrected chi connectivity index (χ1v) is 12.7. The SMILES string of the molecule is Cc1ccc(/C=C/C(=N\O)[C@H]2CC[C@H]3[C@@H]4CC=C5C[C@@H](O)CC[C@]5(C)[C@H]4CC[C@]23C)cc1. The van der Waals surface area contributed by atoms with E-state index in [1.54, 1.807) is 0 Å². The fourth-order valence-corrected chi connectivity index (χ4v) is 8.21. The predicted molar refractivity (Wildman–Crippen MR) is 131 cm³/mol. The molecule has 0 saturated heterocycles. The third-order valence-electron chi connectivity index (χ3n) is 10.1. The summed E-state index contributed by atoms with van der Waals surface area (Å²) < 4.78 is 0. The standard InChI is InChI=1S/C29H39NO2/c1-19-4-6-20(7-5-19)8-13-27(30-32)26-12-11-24-23-10-9-21-18-22(31)14-16-28(21,2)25(23)15-17-29(24,26)3/h4-9,13,22-26,31-32H,10-12,14-18H2,1-3H3/b13-8+,30-27+/t22-,23-,24-,25-,26+,28-,29-/m0/s1. The Morgan fingerprint density at radius 1 is 1.03 bits per heavy atom. The van der Waals surface area contributed by atoms with E-state index in [0.29, 0.717) is 11.8 Å². The Morgan fingerprint density at radius 3 is 2.56 bits per heavy atom. The summed E-state index contributed by atoms with van der Waals surface area (Å²) in [5, 5.41) is 24.0. The molecule has 5 rings (SSSR count). The molecule has 4 aliphatic rings. The van der Waals surface area contributed by atoms with Crippen molar-refractivity contribution in [2.24, 2.45) is 39.7 Å². The second kappa shape index (κ2) is 8.17. The molecule has 0 spiro atoms. The smallest absolute Gasteiger partial charge is 0.0832 e. The quantitative estimate of drug-likeness (QED) is 0.239. The van der Waals surface area contributed by atoms with E-state index in [4.69, 9.17) is 0 Å². The van der Waals surface area contributed by atoms with Gasteiger partial charge in [-0.05, 0) is 98.5 Å². The topological polar surface area (TPSA) is 52.8 Å². The molecular formula is C29H39NO2. The molecule has 3 heteroatoms. The normalized spacial score (nSPS) is 41.7. The molecule has 3 nitrogen and oxygen atoms in total. The summed E-state index contributed by atoms with van der Waals surface area (Å²) in [4.78, 5) is 0. The molecular weight excluding hydrogens is 394 g/mol. The number of hydrogen-bond donors (Lipinski definition) is 2. The molecule has 1 aromatic carbocycles. The van der Waals surface area contributed by atoms with Crippen molar-refractivity contribution in [3.8, 4) is 0 Å². The number of oxime groups is 1. The molecule has 0 aromatic heterocycles. The molecule has 3 saturated carbocycles. The van der Waals surface area contributed by atoms with Crippen LogP contribution in [0.3, 0.4) is 0 Å². The minimum absolute atomic E-state index is 0.140. The van der Waals surface area contributed by atoms with Gasteiger partial charge in [0.1, 0.15) is 0 Å². The van der Waals surface area contributed by atoms with E-state index < -0.39 is 0 Å². The van der Waals surface area contributed by atoms with Gasteiger partial charge in [-0.2, -0.15) is 0 Å². The van der Waals surface area contributed by atoms with Gasteiger partial charge in [-0.15, -0.1) is 0 Å². The van der Waals surface area contributed by atoms with Gasteiger partial charge in [-0.25, -0.2) is 0 Å². The lowest BCUT2D eigenvalue weighted by atomic mass is 9.47. The molecule has 0 heterocycles. The van der Waals surface area contributed by atoms with Crippen LogP contribution in [-0.2, 0) is 0 Å². The van der Waals surface area contributed by atoms with Gasteiger partial charge in [-0.1, -0.05) is 66.6 Å². The molecule has 7 atom stereocenters. The first-order valence-electron chi connectivity index (χ1n) is 12.7. The summed E-state index contributed by atoms with van der Waals surface area (Å²) in [6.45, 7) is 7.06. The Balaban J connectivity index is 1.38. The maximum Gasteiger partial charge on any atom is 0.0832 e. The van der Waals surface area contributed by atoms with Crippen LogP contribution >= 0.6 is 0 Å². The maximum atomic E-state index is 10.2. The Labute approximate surface area is 193 Å². The highest BCUT2D eigenvalue weighted by molar-refractivity contribution is 6.00. The molecule has 32 heavy (non-hydrogen) atoms. The number of rotatable bonds is 3. The van der Waals surface area contributed by atoms with Crippen LogP contribution < -0.4 is 0 Å². The molecule has 3 fully saturated rings. The van der Waals surface area contributed by atoms with Crippen molar-refractivity contribution in [2.75, 3.05) is 0 Å². The second-order valence-electron chi connectivity index (χ2n) is 11.6.